The third kappa shape index (κ3) is 2.90. The maximum atomic E-state index is 13.7. The molecule has 0 aliphatic carbocycles. The Morgan fingerprint density at radius 2 is 1.62 bits per heavy atom. The molecule has 0 amide bonds. The van der Waals surface area contributed by atoms with Crippen LogP contribution in [0.4, 0.5) is 4.39 Å². The van der Waals surface area contributed by atoms with Gasteiger partial charge in [0.2, 0.25) is 0 Å². The summed E-state index contributed by atoms with van der Waals surface area (Å²) in [6.45, 7) is 6.40. The SMILES string of the molecule is Cc1cc(C)c(-c2ccnc(-c3cccc4c3oc3cc(F)ccc34)c2)c(C)c1. The van der Waals surface area contributed by atoms with Crippen LogP contribution in [0.25, 0.3) is 44.3 Å². The van der Waals surface area contributed by atoms with Crippen LogP contribution in [0.5, 0.6) is 0 Å². The number of fused-ring (bicyclic) bond motifs is 3. The van der Waals surface area contributed by atoms with Crippen molar-refractivity contribution in [2.24, 2.45) is 0 Å². The average Bonchev–Trinajstić information content (AvgIpc) is 3.05. The van der Waals surface area contributed by atoms with Crippen molar-refractivity contribution in [2.75, 3.05) is 0 Å². The summed E-state index contributed by atoms with van der Waals surface area (Å²) in [6, 6.07) is 19.2. The second kappa shape index (κ2) is 6.56. The molecule has 3 heteroatoms. The zero-order valence-corrected chi connectivity index (χ0v) is 16.6. The van der Waals surface area contributed by atoms with Crippen LogP contribution >= 0.6 is 0 Å². The molecule has 2 nitrogen and oxygen atoms in total. The third-order valence-corrected chi connectivity index (χ3v) is 5.46. The van der Waals surface area contributed by atoms with Crippen molar-refractivity contribution < 1.29 is 8.81 Å². The largest absolute Gasteiger partial charge is 0.455 e. The predicted molar refractivity (Wildman–Crippen MR) is 117 cm³/mol. The number of halogens is 1. The lowest BCUT2D eigenvalue weighted by Crippen LogP contribution is -1.92. The van der Waals surface area contributed by atoms with Crippen LogP contribution in [0, 0.1) is 26.6 Å². The topological polar surface area (TPSA) is 26.0 Å². The Morgan fingerprint density at radius 3 is 2.41 bits per heavy atom. The van der Waals surface area contributed by atoms with E-state index in [9.17, 15) is 4.39 Å². The molecule has 2 aromatic heterocycles. The van der Waals surface area contributed by atoms with Crippen molar-refractivity contribution in [2.45, 2.75) is 20.8 Å². The summed E-state index contributed by atoms with van der Waals surface area (Å²) >= 11 is 0. The van der Waals surface area contributed by atoms with Gasteiger partial charge in [0.25, 0.3) is 0 Å². The normalized spacial score (nSPS) is 11.4. The van der Waals surface area contributed by atoms with Gasteiger partial charge >= 0.3 is 0 Å². The number of pyridine rings is 1. The molecule has 0 saturated carbocycles. The smallest absolute Gasteiger partial charge is 0.144 e. The van der Waals surface area contributed by atoms with Crippen LogP contribution in [0.15, 0.2) is 71.3 Å². The van der Waals surface area contributed by atoms with Crippen LogP contribution in [0.3, 0.4) is 0 Å². The van der Waals surface area contributed by atoms with Crippen LogP contribution in [-0.2, 0) is 0 Å². The molecule has 0 atom stereocenters. The van der Waals surface area contributed by atoms with Gasteiger partial charge in [-0.1, -0.05) is 29.8 Å². The first-order chi connectivity index (χ1) is 14.0. The number of nitrogens with zero attached hydrogens (tertiary/aromatic N) is 1. The molecule has 0 fully saturated rings. The molecule has 0 bridgehead atoms. The molecule has 3 aromatic carbocycles. The Bertz CT molecular complexity index is 1370. The molecule has 5 rings (SSSR count). The number of aryl methyl sites for hydroxylation is 3. The van der Waals surface area contributed by atoms with Crippen LogP contribution < -0.4 is 0 Å². The number of benzene rings is 3. The Labute approximate surface area is 168 Å². The Balaban J connectivity index is 1.73. The van der Waals surface area contributed by atoms with Gasteiger partial charge in [-0.05, 0) is 73.4 Å². The van der Waals surface area contributed by atoms with E-state index < -0.39 is 0 Å². The zero-order chi connectivity index (χ0) is 20.1. The highest BCUT2D eigenvalue weighted by molar-refractivity contribution is 6.09. The minimum atomic E-state index is -0.302. The van der Waals surface area contributed by atoms with E-state index in [1.807, 2.05) is 30.5 Å². The van der Waals surface area contributed by atoms with E-state index in [1.54, 1.807) is 6.07 Å². The average molecular weight is 381 g/mol. The van der Waals surface area contributed by atoms with Crippen molar-refractivity contribution in [3.05, 3.63) is 89.4 Å². The third-order valence-electron chi connectivity index (χ3n) is 5.46. The van der Waals surface area contributed by atoms with Gasteiger partial charge in [0.15, 0.2) is 0 Å². The maximum absolute atomic E-state index is 13.7. The van der Waals surface area contributed by atoms with Gasteiger partial charge in [0, 0.05) is 28.6 Å². The number of hydrogen-bond acceptors (Lipinski definition) is 2. The molecular formula is C26H20FNO. The molecule has 0 saturated heterocycles. The minimum Gasteiger partial charge on any atom is -0.455 e. The maximum Gasteiger partial charge on any atom is 0.144 e. The lowest BCUT2D eigenvalue weighted by Gasteiger charge is -2.12. The summed E-state index contributed by atoms with van der Waals surface area (Å²) in [5.41, 5.74) is 9.15. The van der Waals surface area contributed by atoms with Crippen molar-refractivity contribution in [1.29, 1.82) is 0 Å². The van der Waals surface area contributed by atoms with E-state index in [0.717, 1.165) is 33.2 Å². The van der Waals surface area contributed by atoms with Gasteiger partial charge in [-0.25, -0.2) is 4.39 Å². The molecule has 0 N–H and O–H groups in total. The van der Waals surface area contributed by atoms with E-state index in [-0.39, 0.29) is 5.82 Å². The van der Waals surface area contributed by atoms with Crippen molar-refractivity contribution in [1.82, 2.24) is 4.98 Å². The van der Waals surface area contributed by atoms with Gasteiger partial charge in [-0.2, -0.15) is 0 Å². The fraction of sp³-hybridized carbons (Fsp3) is 0.115. The van der Waals surface area contributed by atoms with Crippen molar-refractivity contribution in [3.8, 4) is 22.4 Å². The summed E-state index contributed by atoms with van der Waals surface area (Å²) in [5.74, 6) is -0.302. The number of rotatable bonds is 2. The number of hydrogen-bond donors (Lipinski definition) is 0. The Kier molecular flexibility index (Phi) is 3.99. The van der Waals surface area contributed by atoms with E-state index >= 15 is 0 Å². The first-order valence-corrected chi connectivity index (χ1v) is 9.67. The van der Waals surface area contributed by atoms with Gasteiger partial charge in [0.05, 0.1) is 5.69 Å². The van der Waals surface area contributed by atoms with E-state index in [4.69, 9.17) is 4.42 Å². The van der Waals surface area contributed by atoms with Crippen LogP contribution in [-0.4, -0.2) is 4.98 Å². The Hall–Kier alpha value is -3.46. The highest BCUT2D eigenvalue weighted by atomic mass is 19.1. The first-order valence-electron chi connectivity index (χ1n) is 9.67. The summed E-state index contributed by atoms with van der Waals surface area (Å²) in [6.07, 6.45) is 1.84. The standard InChI is InChI=1S/C26H20FNO/c1-15-11-16(2)25(17(3)12-15)18-9-10-28-23(13-18)22-6-4-5-21-20-8-7-19(27)14-24(20)29-26(21)22/h4-14H,1-3H3. The van der Waals surface area contributed by atoms with Crippen molar-refractivity contribution >= 4 is 21.9 Å². The minimum absolute atomic E-state index is 0.302. The molecule has 29 heavy (non-hydrogen) atoms. The van der Waals surface area contributed by atoms with E-state index in [2.05, 4.69) is 44.0 Å². The van der Waals surface area contributed by atoms with Crippen LogP contribution in [0.1, 0.15) is 16.7 Å². The highest BCUT2D eigenvalue weighted by Crippen LogP contribution is 2.37. The quantitative estimate of drug-likeness (QED) is 0.319. The summed E-state index contributed by atoms with van der Waals surface area (Å²) in [7, 11) is 0. The van der Waals surface area contributed by atoms with Crippen molar-refractivity contribution in [3.63, 3.8) is 0 Å². The Morgan fingerprint density at radius 1 is 0.828 bits per heavy atom. The number of furan rings is 1. The molecule has 0 radical (unpaired) electrons. The summed E-state index contributed by atoms with van der Waals surface area (Å²) < 4.78 is 19.7. The van der Waals surface area contributed by atoms with Crippen LogP contribution in [0.2, 0.25) is 0 Å². The van der Waals surface area contributed by atoms with Gasteiger partial charge < -0.3 is 4.42 Å². The number of para-hydroxylation sites is 1. The second-order valence-corrected chi connectivity index (χ2v) is 7.63. The molecule has 2 heterocycles. The monoisotopic (exact) mass is 381 g/mol. The molecule has 142 valence electrons. The molecule has 0 spiro atoms. The lowest BCUT2D eigenvalue weighted by atomic mass is 9.93. The molecule has 0 unspecified atom stereocenters. The fourth-order valence-corrected chi connectivity index (χ4v) is 4.34. The van der Waals surface area contributed by atoms with Gasteiger partial charge in [-0.15, -0.1) is 0 Å². The van der Waals surface area contributed by atoms with E-state index in [1.165, 1.54) is 34.4 Å². The number of aromatic nitrogens is 1. The lowest BCUT2D eigenvalue weighted by molar-refractivity contribution is 0.618. The molecule has 0 aliphatic rings. The van der Waals surface area contributed by atoms with E-state index in [0.29, 0.717) is 5.58 Å². The molecule has 5 aromatic rings. The zero-order valence-electron chi connectivity index (χ0n) is 16.6. The van der Waals surface area contributed by atoms with Gasteiger partial charge in [0.1, 0.15) is 17.0 Å². The van der Waals surface area contributed by atoms with Gasteiger partial charge in [-0.3, -0.25) is 4.98 Å². The first kappa shape index (κ1) is 17.6. The summed E-state index contributed by atoms with van der Waals surface area (Å²) in [4.78, 5) is 4.62. The fourth-order valence-electron chi connectivity index (χ4n) is 4.34. The predicted octanol–water partition coefficient (Wildman–Crippen LogP) is 7.38. The highest BCUT2D eigenvalue weighted by Gasteiger charge is 2.15. The molecule has 0 aliphatic heterocycles. The molecular weight excluding hydrogens is 361 g/mol. The summed E-state index contributed by atoms with van der Waals surface area (Å²) in [5, 5.41) is 1.87. The second-order valence-electron chi connectivity index (χ2n) is 7.63.